The van der Waals surface area contributed by atoms with E-state index in [0.717, 1.165) is 6.07 Å². The van der Waals surface area contributed by atoms with Crippen molar-refractivity contribution in [2.75, 3.05) is 37.4 Å². The third-order valence-corrected chi connectivity index (χ3v) is 2.71. The number of halogens is 1. The smallest absolute Gasteiger partial charge is 0.249 e. The van der Waals surface area contributed by atoms with Crippen LogP contribution in [0.15, 0.2) is 18.2 Å². The zero-order valence-corrected chi connectivity index (χ0v) is 10.2. The molecule has 1 fully saturated rings. The van der Waals surface area contributed by atoms with Crippen LogP contribution in [0.1, 0.15) is 0 Å². The molecule has 0 atom stereocenters. The van der Waals surface area contributed by atoms with Crippen molar-refractivity contribution >= 4 is 23.2 Å². The van der Waals surface area contributed by atoms with Gasteiger partial charge in [-0.2, -0.15) is 0 Å². The second-order valence-corrected chi connectivity index (χ2v) is 4.15. The molecule has 0 aromatic heterocycles. The first-order valence-electron chi connectivity index (χ1n) is 5.76. The topological polar surface area (TPSA) is 84.7 Å². The van der Waals surface area contributed by atoms with Gasteiger partial charge in [0.25, 0.3) is 0 Å². The number of nitrogens with zero attached hydrogens (tertiary/aromatic N) is 1. The number of amides is 2. The van der Waals surface area contributed by atoms with E-state index in [1.54, 1.807) is 0 Å². The molecule has 1 aliphatic rings. The largest absolute Gasteiger partial charge is 0.397 e. The van der Waals surface area contributed by atoms with Gasteiger partial charge < -0.3 is 20.7 Å². The Balaban J connectivity index is 1.95. The van der Waals surface area contributed by atoms with Crippen molar-refractivity contribution in [3.63, 3.8) is 0 Å². The van der Waals surface area contributed by atoms with Crippen molar-refractivity contribution in [2.45, 2.75) is 0 Å². The molecule has 1 heterocycles. The minimum atomic E-state index is -0.473. The lowest BCUT2D eigenvalue weighted by Crippen LogP contribution is -2.45. The number of ether oxygens (including phenoxy) is 1. The lowest BCUT2D eigenvalue weighted by atomic mass is 10.2. The molecule has 0 saturated carbocycles. The Bertz CT molecular complexity index is 507. The fourth-order valence-corrected chi connectivity index (χ4v) is 1.73. The van der Waals surface area contributed by atoms with Crippen LogP contribution in [0.25, 0.3) is 0 Å². The molecule has 0 aliphatic carbocycles. The number of anilines is 2. The summed E-state index contributed by atoms with van der Waals surface area (Å²) in [6, 6.07) is 3.70. The summed E-state index contributed by atoms with van der Waals surface area (Å²) < 4.78 is 17.8. The van der Waals surface area contributed by atoms with Gasteiger partial charge in [-0.1, -0.05) is 0 Å². The van der Waals surface area contributed by atoms with Crippen LogP contribution in [0.4, 0.5) is 15.8 Å². The Morgan fingerprint density at radius 1 is 1.53 bits per heavy atom. The summed E-state index contributed by atoms with van der Waals surface area (Å²) in [5.74, 6) is -1.08. The Kier molecular flexibility index (Phi) is 3.96. The van der Waals surface area contributed by atoms with Gasteiger partial charge in [-0.05, 0) is 18.2 Å². The van der Waals surface area contributed by atoms with Crippen LogP contribution < -0.4 is 11.1 Å². The number of carbonyl (C=O) groups is 2. The summed E-state index contributed by atoms with van der Waals surface area (Å²) in [6.07, 6.45) is 0. The minimum absolute atomic E-state index is 0.00797. The van der Waals surface area contributed by atoms with Gasteiger partial charge in [-0.15, -0.1) is 0 Å². The van der Waals surface area contributed by atoms with Gasteiger partial charge in [0.1, 0.15) is 19.0 Å². The molecule has 7 heteroatoms. The summed E-state index contributed by atoms with van der Waals surface area (Å²) in [5, 5.41) is 2.54. The van der Waals surface area contributed by atoms with Crippen LogP contribution in [-0.2, 0) is 14.3 Å². The molecule has 0 unspecified atom stereocenters. The Morgan fingerprint density at radius 2 is 2.32 bits per heavy atom. The van der Waals surface area contributed by atoms with Crippen LogP contribution >= 0.6 is 0 Å². The number of morpholine rings is 1. The minimum Gasteiger partial charge on any atom is -0.397 e. The molecular weight excluding hydrogens is 253 g/mol. The average Bonchev–Trinajstić information content (AvgIpc) is 2.36. The molecule has 1 aromatic rings. The molecule has 6 nitrogen and oxygen atoms in total. The van der Waals surface area contributed by atoms with E-state index in [-0.39, 0.29) is 30.7 Å². The van der Waals surface area contributed by atoms with Gasteiger partial charge in [0.15, 0.2) is 0 Å². The Morgan fingerprint density at radius 3 is 3.00 bits per heavy atom. The Labute approximate surface area is 109 Å². The molecule has 0 bridgehead atoms. The highest BCUT2D eigenvalue weighted by molar-refractivity contribution is 5.97. The highest BCUT2D eigenvalue weighted by Gasteiger charge is 2.21. The molecule has 0 radical (unpaired) electrons. The second kappa shape index (κ2) is 5.66. The van der Waals surface area contributed by atoms with Gasteiger partial charge in [0.2, 0.25) is 11.8 Å². The quantitative estimate of drug-likeness (QED) is 0.766. The van der Waals surface area contributed by atoms with Crippen LogP contribution in [-0.4, -0.2) is 43.0 Å². The molecule has 1 saturated heterocycles. The molecule has 0 spiro atoms. The van der Waals surface area contributed by atoms with Gasteiger partial charge in [0, 0.05) is 6.54 Å². The number of benzene rings is 1. The van der Waals surface area contributed by atoms with Crippen LogP contribution in [0, 0.1) is 5.82 Å². The number of nitrogens with one attached hydrogen (secondary N) is 1. The molecule has 2 rings (SSSR count). The number of rotatable bonds is 3. The van der Waals surface area contributed by atoms with E-state index >= 15 is 0 Å². The fourth-order valence-electron chi connectivity index (χ4n) is 1.73. The molecule has 102 valence electrons. The van der Waals surface area contributed by atoms with Crippen molar-refractivity contribution in [3.8, 4) is 0 Å². The van der Waals surface area contributed by atoms with Crippen molar-refractivity contribution < 1.29 is 18.7 Å². The summed E-state index contributed by atoms with van der Waals surface area (Å²) >= 11 is 0. The zero-order valence-electron chi connectivity index (χ0n) is 10.2. The number of nitrogens with two attached hydrogens (primary N) is 1. The number of carbonyl (C=O) groups excluding carboxylic acids is 2. The monoisotopic (exact) mass is 267 g/mol. The molecular formula is C12H14FN3O3. The SMILES string of the molecule is Nc1cc(F)ccc1NC(=O)CN1CCOCC1=O. The van der Waals surface area contributed by atoms with E-state index in [1.807, 2.05) is 0 Å². The lowest BCUT2D eigenvalue weighted by Gasteiger charge is -2.26. The summed E-state index contributed by atoms with van der Waals surface area (Å²) in [6.45, 7) is 0.716. The third kappa shape index (κ3) is 3.41. The van der Waals surface area contributed by atoms with Crippen molar-refractivity contribution in [3.05, 3.63) is 24.0 Å². The summed E-state index contributed by atoms with van der Waals surface area (Å²) in [5.41, 5.74) is 6.04. The van der Waals surface area contributed by atoms with E-state index < -0.39 is 5.82 Å². The molecule has 1 aliphatic heterocycles. The first kappa shape index (κ1) is 13.3. The first-order chi connectivity index (χ1) is 9.06. The predicted octanol–water partition coefficient (Wildman–Crippen LogP) is 0.205. The maximum absolute atomic E-state index is 12.8. The van der Waals surface area contributed by atoms with Crippen LogP contribution in [0.3, 0.4) is 0 Å². The van der Waals surface area contributed by atoms with Gasteiger partial charge in [-0.3, -0.25) is 9.59 Å². The number of hydrogen-bond acceptors (Lipinski definition) is 4. The fraction of sp³-hybridized carbons (Fsp3) is 0.333. The standard InChI is InChI=1S/C12H14FN3O3/c13-8-1-2-10(9(14)5-8)15-11(17)6-16-3-4-19-7-12(16)18/h1-2,5H,3-4,6-7,14H2,(H,15,17). The van der Waals surface area contributed by atoms with E-state index in [9.17, 15) is 14.0 Å². The van der Waals surface area contributed by atoms with Crippen LogP contribution in [0.5, 0.6) is 0 Å². The second-order valence-electron chi connectivity index (χ2n) is 4.15. The normalized spacial score (nSPS) is 15.4. The third-order valence-electron chi connectivity index (χ3n) is 2.71. The van der Waals surface area contributed by atoms with E-state index in [4.69, 9.17) is 10.5 Å². The number of nitrogen functional groups attached to an aromatic ring is 1. The lowest BCUT2D eigenvalue weighted by molar-refractivity contribution is -0.144. The van der Waals surface area contributed by atoms with Gasteiger partial charge >= 0.3 is 0 Å². The average molecular weight is 267 g/mol. The van der Waals surface area contributed by atoms with E-state index in [1.165, 1.54) is 17.0 Å². The molecule has 19 heavy (non-hydrogen) atoms. The highest BCUT2D eigenvalue weighted by atomic mass is 19.1. The molecule has 1 aromatic carbocycles. The molecule has 3 N–H and O–H groups in total. The van der Waals surface area contributed by atoms with E-state index in [2.05, 4.69) is 5.32 Å². The summed E-state index contributed by atoms with van der Waals surface area (Å²) in [7, 11) is 0. The highest BCUT2D eigenvalue weighted by Crippen LogP contribution is 2.18. The first-order valence-corrected chi connectivity index (χ1v) is 5.76. The van der Waals surface area contributed by atoms with Crippen molar-refractivity contribution in [2.24, 2.45) is 0 Å². The van der Waals surface area contributed by atoms with Crippen LogP contribution in [0.2, 0.25) is 0 Å². The van der Waals surface area contributed by atoms with Crippen molar-refractivity contribution in [1.29, 1.82) is 0 Å². The van der Waals surface area contributed by atoms with Gasteiger partial charge in [-0.25, -0.2) is 4.39 Å². The zero-order chi connectivity index (χ0) is 13.8. The van der Waals surface area contributed by atoms with Crippen molar-refractivity contribution in [1.82, 2.24) is 4.90 Å². The van der Waals surface area contributed by atoms with Gasteiger partial charge in [0.05, 0.1) is 18.0 Å². The maximum atomic E-state index is 12.8. The molecule has 2 amide bonds. The number of hydrogen-bond donors (Lipinski definition) is 2. The Hall–Kier alpha value is -2.15. The predicted molar refractivity (Wildman–Crippen MR) is 66.8 cm³/mol. The maximum Gasteiger partial charge on any atom is 0.249 e. The van der Waals surface area contributed by atoms with E-state index in [0.29, 0.717) is 18.8 Å². The summed E-state index contributed by atoms with van der Waals surface area (Å²) in [4.78, 5) is 24.6.